The first kappa shape index (κ1) is 26.0. The number of aliphatic imine (C=N–C) groups is 1. The molecule has 0 fully saturated rings. The van der Waals surface area contributed by atoms with E-state index in [1.54, 1.807) is 7.11 Å². The molecule has 9 heteroatoms. The molecule has 158 valence electrons. The number of nitrogens with one attached hydrogen (secondary N) is 4. The van der Waals surface area contributed by atoms with Crippen LogP contribution in [0.5, 0.6) is 5.75 Å². The highest BCUT2D eigenvalue weighted by atomic mass is 127. The fourth-order valence-corrected chi connectivity index (χ4v) is 2.12. The number of benzene rings is 1. The van der Waals surface area contributed by atoms with Gasteiger partial charge in [-0.2, -0.15) is 0 Å². The van der Waals surface area contributed by atoms with E-state index in [0.717, 1.165) is 11.3 Å². The van der Waals surface area contributed by atoms with E-state index in [4.69, 9.17) is 4.74 Å². The number of hydrogen-bond donors (Lipinski definition) is 4. The minimum absolute atomic E-state index is 0. The van der Waals surface area contributed by atoms with Crippen molar-refractivity contribution in [2.24, 2.45) is 4.99 Å². The van der Waals surface area contributed by atoms with E-state index < -0.39 is 0 Å². The number of guanidine groups is 1. The van der Waals surface area contributed by atoms with Gasteiger partial charge in [-0.25, -0.2) is 4.99 Å². The Labute approximate surface area is 184 Å². The van der Waals surface area contributed by atoms with Crippen molar-refractivity contribution < 1.29 is 14.3 Å². The lowest BCUT2D eigenvalue weighted by Crippen LogP contribution is -2.45. The van der Waals surface area contributed by atoms with Crippen LogP contribution in [0.2, 0.25) is 0 Å². The van der Waals surface area contributed by atoms with E-state index in [0.29, 0.717) is 19.0 Å². The smallest absolute Gasteiger partial charge is 0.242 e. The van der Waals surface area contributed by atoms with E-state index in [-0.39, 0.29) is 54.4 Å². The van der Waals surface area contributed by atoms with Gasteiger partial charge in [-0.3, -0.25) is 9.59 Å². The molecule has 2 amide bonds. The predicted molar refractivity (Wildman–Crippen MR) is 122 cm³/mol. The average molecular weight is 505 g/mol. The maximum atomic E-state index is 12.0. The molecule has 4 N–H and O–H groups in total. The van der Waals surface area contributed by atoms with Crippen molar-refractivity contribution in [3.63, 3.8) is 0 Å². The van der Waals surface area contributed by atoms with Gasteiger partial charge >= 0.3 is 0 Å². The van der Waals surface area contributed by atoms with E-state index in [1.807, 2.05) is 52.0 Å². The van der Waals surface area contributed by atoms with Gasteiger partial charge in [-0.05, 0) is 45.4 Å². The highest BCUT2D eigenvalue weighted by Crippen LogP contribution is 2.10. The molecule has 1 aromatic carbocycles. The van der Waals surface area contributed by atoms with Crippen LogP contribution in [0.15, 0.2) is 29.3 Å². The molecule has 0 saturated carbocycles. The SMILES string of the molecule is CCNC(=NCC(=O)NC(C)(C)C)NCC(=O)NCc1ccc(OC)cc1.I. The molecule has 0 heterocycles. The molecule has 28 heavy (non-hydrogen) atoms. The van der Waals surface area contributed by atoms with Gasteiger partial charge in [0.25, 0.3) is 0 Å². The molecular formula is C19H32IN5O3. The minimum Gasteiger partial charge on any atom is -0.497 e. The Hall–Kier alpha value is -2.04. The van der Waals surface area contributed by atoms with Gasteiger partial charge in [0, 0.05) is 18.6 Å². The maximum Gasteiger partial charge on any atom is 0.242 e. The normalized spacial score (nSPS) is 11.1. The number of methoxy groups -OCH3 is 1. The third-order valence-corrected chi connectivity index (χ3v) is 3.30. The summed E-state index contributed by atoms with van der Waals surface area (Å²) in [5.41, 5.74) is 0.670. The third-order valence-electron chi connectivity index (χ3n) is 3.30. The van der Waals surface area contributed by atoms with Crippen molar-refractivity contribution in [2.75, 3.05) is 26.7 Å². The summed E-state index contributed by atoms with van der Waals surface area (Å²) in [4.78, 5) is 28.1. The predicted octanol–water partition coefficient (Wildman–Crippen LogP) is 1.40. The second kappa shape index (κ2) is 13.2. The van der Waals surface area contributed by atoms with Crippen LogP contribution in [-0.2, 0) is 16.1 Å². The Balaban J connectivity index is 0.00000729. The molecule has 0 spiro atoms. The number of hydrogen-bond acceptors (Lipinski definition) is 4. The molecule has 0 aliphatic rings. The average Bonchev–Trinajstić information content (AvgIpc) is 2.61. The molecule has 0 saturated heterocycles. The standard InChI is InChI=1S/C19H31N5O3.HI/c1-6-20-18(23-13-17(26)24-19(2,3)4)22-12-16(25)21-11-14-7-9-15(27-5)10-8-14;/h7-10H,6,11-13H2,1-5H3,(H,21,25)(H,24,26)(H2,20,22,23);1H. The maximum absolute atomic E-state index is 12.0. The molecule has 0 aliphatic heterocycles. The van der Waals surface area contributed by atoms with Gasteiger partial charge in [0.15, 0.2) is 5.96 Å². The number of amides is 2. The fourth-order valence-electron chi connectivity index (χ4n) is 2.12. The number of halogens is 1. The molecule has 1 aromatic rings. The summed E-state index contributed by atoms with van der Waals surface area (Å²) >= 11 is 0. The van der Waals surface area contributed by atoms with Crippen molar-refractivity contribution in [1.82, 2.24) is 21.3 Å². The van der Waals surface area contributed by atoms with Crippen molar-refractivity contribution in [3.8, 4) is 5.75 Å². The van der Waals surface area contributed by atoms with Crippen molar-refractivity contribution in [2.45, 2.75) is 39.8 Å². The van der Waals surface area contributed by atoms with E-state index >= 15 is 0 Å². The van der Waals surface area contributed by atoms with Crippen LogP contribution < -0.4 is 26.0 Å². The van der Waals surface area contributed by atoms with Gasteiger partial charge in [-0.15, -0.1) is 24.0 Å². The highest BCUT2D eigenvalue weighted by Gasteiger charge is 2.13. The second-order valence-electron chi connectivity index (χ2n) is 6.97. The van der Waals surface area contributed by atoms with E-state index in [1.165, 1.54) is 0 Å². The molecule has 8 nitrogen and oxygen atoms in total. The van der Waals surface area contributed by atoms with Crippen molar-refractivity contribution >= 4 is 41.8 Å². The monoisotopic (exact) mass is 505 g/mol. The largest absolute Gasteiger partial charge is 0.497 e. The summed E-state index contributed by atoms with van der Waals surface area (Å²) < 4.78 is 5.10. The zero-order valence-corrected chi connectivity index (χ0v) is 19.5. The van der Waals surface area contributed by atoms with Crippen LogP contribution in [0.4, 0.5) is 0 Å². The molecule has 0 aromatic heterocycles. The summed E-state index contributed by atoms with van der Waals surface area (Å²) in [6, 6.07) is 7.48. The minimum atomic E-state index is -0.306. The summed E-state index contributed by atoms with van der Waals surface area (Å²) in [5.74, 6) is 0.842. The van der Waals surface area contributed by atoms with Gasteiger partial charge in [0.1, 0.15) is 12.3 Å². The first-order valence-electron chi connectivity index (χ1n) is 8.96. The summed E-state index contributed by atoms with van der Waals surface area (Å²) in [6.07, 6.45) is 0. The summed E-state index contributed by atoms with van der Waals surface area (Å²) in [6.45, 7) is 8.73. The van der Waals surface area contributed by atoms with Crippen LogP contribution >= 0.6 is 24.0 Å². The lowest BCUT2D eigenvalue weighted by atomic mass is 10.1. The molecule has 0 aliphatic carbocycles. The van der Waals surface area contributed by atoms with Gasteiger partial charge < -0.3 is 26.0 Å². The topological polar surface area (TPSA) is 104 Å². The van der Waals surface area contributed by atoms with Crippen molar-refractivity contribution in [3.05, 3.63) is 29.8 Å². The Morgan fingerprint density at radius 2 is 1.68 bits per heavy atom. The van der Waals surface area contributed by atoms with Crippen LogP contribution in [0.25, 0.3) is 0 Å². The number of ether oxygens (including phenoxy) is 1. The van der Waals surface area contributed by atoms with Crippen LogP contribution in [-0.4, -0.2) is 50.1 Å². The number of nitrogens with zero attached hydrogens (tertiary/aromatic N) is 1. The second-order valence-corrected chi connectivity index (χ2v) is 6.97. The van der Waals surface area contributed by atoms with Gasteiger partial charge in [-0.1, -0.05) is 12.1 Å². The number of carbonyl (C=O) groups excluding carboxylic acids is 2. The Morgan fingerprint density at radius 1 is 1.04 bits per heavy atom. The number of rotatable bonds is 8. The molecule has 0 bridgehead atoms. The zero-order chi connectivity index (χ0) is 20.3. The van der Waals surface area contributed by atoms with Crippen molar-refractivity contribution in [1.29, 1.82) is 0 Å². The first-order valence-corrected chi connectivity index (χ1v) is 8.96. The number of carbonyl (C=O) groups is 2. The summed E-state index contributed by atoms with van der Waals surface area (Å²) in [5, 5.41) is 11.6. The molecular weight excluding hydrogens is 473 g/mol. The first-order chi connectivity index (χ1) is 12.7. The Kier molecular flexibility index (Phi) is 12.2. The molecule has 0 unspecified atom stereocenters. The van der Waals surface area contributed by atoms with E-state index in [9.17, 15) is 9.59 Å². The zero-order valence-electron chi connectivity index (χ0n) is 17.2. The lowest BCUT2D eigenvalue weighted by molar-refractivity contribution is -0.121. The van der Waals surface area contributed by atoms with Crippen LogP contribution in [0.1, 0.15) is 33.3 Å². The van der Waals surface area contributed by atoms with Crippen LogP contribution in [0.3, 0.4) is 0 Å². The molecule has 1 rings (SSSR count). The van der Waals surface area contributed by atoms with Gasteiger partial charge in [0.05, 0.1) is 13.7 Å². The fraction of sp³-hybridized carbons (Fsp3) is 0.526. The highest BCUT2D eigenvalue weighted by molar-refractivity contribution is 14.0. The molecule has 0 radical (unpaired) electrons. The van der Waals surface area contributed by atoms with E-state index in [2.05, 4.69) is 26.3 Å². The molecule has 0 atom stereocenters. The third kappa shape index (κ3) is 11.6. The quantitative estimate of drug-likeness (QED) is 0.243. The summed E-state index contributed by atoms with van der Waals surface area (Å²) in [7, 11) is 1.61. The lowest BCUT2D eigenvalue weighted by Gasteiger charge is -2.20. The Morgan fingerprint density at radius 3 is 2.21 bits per heavy atom. The Bertz CT molecular complexity index is 642. The van der Waals surface area contributed by atoms with Crippen LogP contribution in [0, 0.1) is 0 Å². The van der Waals surface area contributed by atoms with Gasteiger partial charge in [0.2, 0.25) is 11.8 Å².